The van der Waals surface area contributed by atoms with Crippen LogP contribution in [0.5, 0.6) is 0 Å². The van der Waals surface area contributed by atoms with E-state index in [0.717, 1.165) is 0 Å². The van der Waals surface area contributed by atoms with E-state index in [1.807, 2.05) is 0 Å². The number of aromatic nitrogens is 1. The summed E-state index contributed by atoms with van der Waals surface area (Å²) in [5, 5.41) is 18.8. The zero-order valence-electron chi connectivity index (χ0n) is 9.96. The minimum absolute atomic E-state index is 0.0808. The molecule has 1 unspecified atom stereocenters. The maximum atomic E-state index is 12.1. The highest BCUT2D eigenvalue weighted by molar-refractivity contribution is 6.03. The first-order valence-electron chi connectivity index (χ1n) is 5.61. The Morgan fingerprint density at radius 1 is 1.50 bits per heavy atom. The van der Waals surface area contributed by atoms with Gasteiger partial charge in [0, 0.05) is 19.3 Å². The average Bonchev–Trinajstić information content (AvgIpc) is 2.68. The van der Waals surface area contributed by atoms with Crippen molar-refractivity contribution in [2.24, 2.45) is 0 Å². The van der Waals surface area contributed by atoms with Gasteiger partial charge in [0.05, 0.1) is 11.2 Å². The Morgan fingerprint density at radius 2 is 2.22 bits per heavy atom. The first-order valence-corrected chi connectivity index (χ1v) is 5.61. The summed E-state index contributed by atoms with van der Waals surface area (Å²) >= 11 is 0. The van der Waals surface area contributed by atoms with Crippen LogP contribution in [0.4, 0.5) is 0 Å². The molecule has 0 aliphatic carbocycles. The maximum Gasteiger partial charge on any atom is 0.338 e. The minimum atomic E-state index is -1.18. The van der Waals surface area contributed by atoms with Crippen molar-refractivity contribution < 1.29 is 19.8 Å². The van der Waals surface area contributed by atoms with Gasteiger partial charge in [0.2, 0.25) is 0 Å². The Kier molecular flexibility index (Phi) is 3.04. The molecule has 2 N–H and O–H groups in total. The Hall–Kier alpha value is -1.95. The number of carboxylic acids is 1. The number of pyridine rings is 1. The van der Waals surface area contributed by atoms with Crippen LogP contribution in [0, 0.1) is 0 Å². The molecule has 0 bridgehead atoms. The molecule has 0 saturated carbocycles. The zero-order chi connectivity index (χ0) is 13.3. The number of aromatic carboxylic acids is 1. The van der Waals surface area contributed by atoms with Crippen molar-refractivity contribution in [2.45, 2.75) is 18.9 Å². The van der Waals surface area contributed by atoms with Gasteiger partial charge in [0.1, 0.15) is 5.69 Å². The van der Waals surface area contributed by atoms with Crippen LogP contribution in [-0.4, -0.2) is 50.7 Å². The average molecular weight is 250 g/mol. The number of carboxylic acid groups (broad SMARTS) is 1. The standard InChI is InChI=1S/C12H14N2O4/c1-12(18)4-6-14(7-12)10(15)9-8(11(16)17)3-2-5-13-9/h2-3,5,18H,4,6-7H2,1H3,(H,16,17). The van der Waals surface area contributed by atoms with Crippen molar-refractivity contribution in [2.75, 3.05) is 13.1 Å². The number of carbonyl (C=O) groups excluding carboxylic acids is 1. The molecule has 2 heterocycles. The highest BCUT2D eigenvalue weighted by atomic mass is 16.4. The topological polar surface area (TPSA) is 90.7 Å². The summed E-state index contributed by atoms with van der Waals surface area (Å²) in [5.41, 5.74) is -1.11. The van der Waals surface area contributed by atoms with Crippen LogP contribution in [0.2, 0.25) is 0 Å². The summed E-state index contributed by atoms with van der Waals surface area (Å²) < 4.78 is 0. The molecule has 96 valence electrons. The summed E-state index contributed by atoms with van der Waals surface area (Å²) in [4.78, 5) is 28.4. The van der Waals surface area contributed by atoms with E-state index in [0.29, 0.717) is 13.0 Å². The lowest BCUT2D eigenvalue weighted by Crippen LogP contribution is -2.35. The molecule has 0 radical (unpaired) electrons. The van der Waals surface area contributed by atoms with E-state index < -0.39 is 17.5 Å². The van der Waals surface area contributed by atoms with Crippen molar-refractivity contribution >= 4 is 11.9 Å². The van der Waals surface area contributed by atoms with Crippen LogP contribution < -0.4 is 0 Å². The van der Waals surface area contributed by atoms with E-state index >= 15 is 0 Å². The lowest BCUT2D eigenvalue weighted by Gasteiger charge is -2.19. The predicted molar refractivity (Wildman–Crippen MR) is 62.3 cm³/mol. The van der Waals surface area contributed by atoms with Gasteiger partial charge < -0.3 is 15.1 Å². The first kappa shape index (κ1) is 12.5. The number of rotatable bonds is 2. The van der Waals surface area contributed by atoms with E-state index in [1.165, 1.54) is 23.2 Å². The Bertz CT molecular complexity index is 499. The van der Waals surface area contributed by atoms with Crippen molar-refractivity contribution in [1.82, 2.24) is 9.88 Å². The van der Waals surface area contributed by atoms with E-state index in [9.17, 15) is 14.7 Å². The van der Waals surface area contributed by atoms with Gasteiger partial charge >= 0.3 is 5.97 Å². The monoisotopic (exact) mass is 250 g/mol. The van der Waals surface area contributed by atoms with Crippen molar-refractivity contribution in [3.8, 4) is 0 Å². The summed E-state index contributed by atoms with van der Waals surface area (Å²) in [7, 11) is 0. The molecule has 0 aromatic carbocycles. The molecule has 1 amide bonds. The van der Waals surface area contributed by atoms with E-state index in [1.54, 1.807) is 6.92 Å². The van der Waals surface area contributed by atoms with Crippen LogP contribution in [0.25, 0.3) is 0 Å². The largest absolute Gasteiger partial charge is 0.478 e. The first-order chi connectivity index (χ1) is 8.41. The molecule has 6 heteroatoms. The van der Waals surface area contributed by atoms with Gasteiger partial charge in [-0.3, -0.25) is 9.78 Å². The fourth-order valence-electron chi connectivity index (χ4n) is 2.02. The fraction of sp³-hybridized carbons (Fsp3) is 0.417. The Balaban J connectivity index is 2.27. The van der Waals surface area contributed by atoms with Crippen LogP contribution >= 0.6 is 0 Å². The molecule has 1 aliphatic rings. The van der Waals surface area contributed by atoms with Gasteiger partial charge in [0.25, 0.3) is 5.91 Å². The molecule has 1 fully saturated rings. The third-order valence-corrected chi connectivity index (χ3v) is 2.98. The molecule has 0 spiro atoms. The lowest BCUT2D eigenvalue weighted by molar-refractivity contribution is 0.0563. The van der Waals surface area contributed by atoms with E-state index in [2.05, 4.69) is 4.98 Å². The molecular formula is C12H14N2O4. The number of hydrogen-bond donors (Lipinski definition) is 2. The molecule has 2 rings (SSSR count). The van der Waals surface area contributed by atoms with E-state index in [-0.39, 0.29) is 17.8 Å². The Labute approximate surface area is 104 Å². The minimum Gasteiger partial charge on any atom is -0.478 e. The summed E-state index contributed by atoms with van der Waals surface area (Å²) in [6.07, 6.45) is 1.86. The van der Waals surface area contributed by atoms with Crippen molar-refractivity contribution in [1.29, 1.82) is 0 Å². The number of aliphatic hydroxyl groups is 1. The normalized spacial score (nSPS) is 23.1. The van der Waals surface area contributed by atoms with Gasteiger partial charge in [-0.1, -0.05) is 0 Å². The third-order valence-electron chi connectivity index (χ3n) is 2.98. The number of hydrogen-bond acceptors (Lipinski definition) is 4. The molecular weight excluding hydrogens is 236 g/mol. The fourth-order valence-corrected chi connectivity index (χ4v) is 2.02. The summed E-state index contributed by atoms with van der Waals surface area (Å²) in [6, 6.07) is 2.82. The summed E-state index contributed by atoms with van der Waals surface area (Å²) in [6.45, 7) is 2.25. The zero-order valence-corrected chi connectivity index (χ0v) is 9.96. The Morgan fingerprint density at radius 3 is 2.78 bits per heavy atom. The number of likely N-dealkylation sites (tertiary alicyclic amines) is 1. The van der Waals surface area contributed by atoms with Gasteiger partial charge in [0.15, 0.2) is 0 Å². The SMILES string of the molecule is CC1(O)CCN(C(=O)c2ncccc2C(=O)O)C1. The second kappa shape index (κ2) is 4.38. The van der Waals surface area contributed by atoms with Crippen LogP contribution in [-0.2, 0) is 0 Å². The van der Waals surface area contributed by atoms with Gasteiger partial charge in [-0.05, 0) is 25.5 Å². The third kappa shape index (κ3) is 2.33. The van der Waals surface area contributed by atoms with Crippen molar-refractivity contribution in [3.63, 3.8) is 0 Å². The smallest absolute Gasteiger partial charge is 0.338 e. The van der Waals surface area contributed by atoms with Crippen LogP contribution in [0.3, 0.4) is 0 Å². The number of β-amino-alcohol motifs (C(OH)–C–C–N with tert-alkyl or cyclic N) is 1. The molecule has 1 aromatic heterocycles. The molecule has 6 nitrogen and oxygen atoms in total. The van der Waals surface area contributed by atoms with Crippen LogP contribution in [0.1, 0.15) is 34.2 Å². The number of nitrogens with zero attached hydrogens (tertiary/aromatic N) is 2. The van der Waals surface area contributed by atoms with Gasteiger partial charge in [-0.2, -0.15) is 0 Å². The maximum absolute atomic E-state index is 12.1. The predicted octanol–water partition coefficient (Wildman–Crippen LogP) is 0.377. The van der Waals surface area contributed by atoms with Crippen LogP contribution in [0.15, 0.2) is 18.3 Å². The molecule has 1 aliphatic heterocycles. The highest BCUT2D eigenvalue weighted by Gasteiger charge is 2.35. The van der Waals surface area contributed by atoms with Crippen molar-refractivity contribution in [3.05, 3.63) is 29.6 Å². The molecule has 1 atom stereocenters. The molecule has 1 aromatic rings. The summed E-state index contributed by atoms with van der Waals surface area (Å²) in [5.74, 6) is -1.64. The second-order valence-corrected chi connectivity index (χ2v) is 4.68. The van der Waals surface area contributed by atoms with Gasteiger partial charge in [-0.25, -0.2) is 4.79 Å². The van der Waals surface area contributed by atoms with Gasteiger partial charge in [-0.15, -0.1) is 0 Å². The lowest BCUT2D eigenvalue weighted by atomic mass is 10.1. The number of carbonyl (C=O) groups is 2. The molecule has 1 saturated heterocycles. The van der Waals surface area contributed by atoms with E-state index in [4.69, 9.17) is 5.11 Å². The molecule has 18 heavy (non-hydrogen) atoms. The second-order valence-electron chi connectivity index (χ2n) is 4.68. The highest BCUT2D eigenvalue weighted by Crippen LogP contribution is 2.22. The number of amides is 1. The quantitative estimate of drug-likeness (QED) is 0.791.